The lowest BCUT2D eigenvalue weighted by Gasteiger charge is -2.24. The first-order valence-corrected chi connectivity index (χ1v) is 7.25. The number of rotatable bonds is 6. The van der Waals surface area contributed by atoms with Crippen LogP contribution in [0.25, 0.3) is 0 Å². The van der Waals surface area contributed by atoms with E-state index >= 15 is 0 Å². The molecule has 0 bridgehead atoms. The van der Waals surface area contributed by atoms with Crippen LogP contribution >= 0.6 is 27.5 Å². The topological polar surface area (TPSA) is 38.3 Å². The molecule has 0 fully saturated rings. The van der Waals surface area contributed by atoms with Gasteiger partial charge >= 0.3 is 0 Å². The van der Waals surface area contributed by atoms with Crippen LogP contribution in [-0.2, 0) is 4.74 Å². The Morgan fingerprint density at radius 1 is 1.47 bits per heavy atom. The van der Waals surface area contributed by atoms with Gasteiger partial charge in [0.1, 0.15) is 0 Å². The number of carbonyl (C=O) groups is 1. The summed E-state index contributed by atoms with van der Waals surface area (Å²) in [4.78, 5) is 12.1. The fourth-order valence-electron chi connectivity index (χ4n) is 1.55. The predicted octanol–water partition coefficient (Wildman–Crippen LogP) is 3.90. The van der Waals surface area contributed by atoms with Crippen LogP contribution in [0, 0.1) is 5.41 Å². The van der Waals surface area contributed by atoms with Gasteiger partial charge in [-0.1, -0.05) is 41.4 Å². The lowest BCUT2D eigenvalue weighted by Crippen LogP contribution is -2.34. The highest BCUT2D eigenvalue weighted by Gasteiger charge is 2.19. The fourth-order valence-corrected chi connectivity index (χ4v) is 2.12. The number of hydrogen-bond donors (Lipinski definition) is 1. The van der Waals surface area contributed by atoms with Gasteiger partial charge in [0, 0.05) is 24.7 Å². The van der Waals surface area contributed by atoms with Crippen LogP contribution in [0.5, 0.6) is 0 Å². The third-order valence-corrected chi connectivity index (χ3v) is 3.71. The maximum absolute atomic E-state index is 12.1. The zero-order chi connectivity index (χ0) is 14.5. The average molecular weight is 349 g/mol. The van der Waals surface area contributed by atoms with Gasteiger partial charge in [0.15, 0.2) is 0 Å². The standard InChI is InChI=1S/C14H19BrClNO2/c1-14(2,6-7-19-3)9-17-13(18)11-8-10(15)4-5-12(11)16/h4-5,8H,6-7,9H2,1-3H3,(H,17,18). The number of carbonyl (C=O) groups excluding carboxylic acids is 1. The molecule has 1 rings (SSSR count). The van der Waals surface area contributed by atoms with Crippen molar-refractivity contribution < 1.29 is 9.53 Å². The molecule has 0 radical (unpaired) electrons. The van der Waals surface area contributed by atoms with Crippen LogP contribution in [0.3, 0.4) is 0 Å². The Balaban J connectivity index is 2.62. The highest BCUT2D eigenvalue weighted by Crippen LogP contribution is 2.22. The molecule has 0 heterocycles. The lowest BCUT2D eigenvalue weighted by atomic mass is 9.89. The summed E-state index contributed by atoms with van der Waals surface area (Å²) in [7, 11) is 1.68. The third-order valence-electron chi connectivity index (χ3n) is 2.88. The first-order valence-electron chi connectivity index (χ1n) is 6.08. The molecule has 1 aromatic rings. The lowest BCUT2D eigenvalue weighted by molar-refractivity contribution is 0.0921. The van der Waals surface area contributed by atoms with Crippen molar-refractivity contribution in [3.8, 4) is 0 Å². The van der Waals surface area contributed by atoms with Crippen molar-refractivity contribution >= 4 is 33.4 Å². The highest BCUT2D eigenvalue weighted by atomic mass is 79.9. The molecule has 0 aliphatic heterocycles. The Hall–Kier alpha value is -0.580. The van der Waals surface area contributed by atoms with Gasteiger partial charge < -0.3 is 10.1 Å². The highest BCUT2D eigenvalue weighted by molar-refractivity contribution is 9.10. The molecule has 5 heteroatoms. The molecular weight excluding hydrogens is 330 g/mol. The van der Waals surface area contributed by atoms with Crippen molar-refractivity contribution in [2.45, 2.75) is 20.3 Å². The van der Waals surface area contributed by atoms with E-state index in [-0.39, 0.29) is 11.3 Å². The predicted molar refractivity (Wildman–Crippen MR) is 81.8 cm³/mol. The van der Waals surface area contributed by atoms with Crippen LogP contribution in [0.15, 0.2) is 22.7 Å². The van der Waals surface area contributed by atoms with Gasteiger partial charge in [0.25, 0.3) is 5.91 Å². The smallest absolute Gasteiger partial charge is 0.252 e. The van der Waals surface area contributed by atoms with Crippen molar-refractivity contribution in [1.29, 1.82) is 0 Å². The number of nitrogens with one attached hydrogen (secondary N) is 1. The third kappa shape index (κ3) is 5.51. The molecule has 0 atom stereocenters. The van der Waals surface area contributed by atoms with E-state index in [9.17, 15) is 4.79 Å². The molecular formula is C14H19BrClNO2. The molecule has 0 aromatic heterocycles. The molecule has 0 spiro atoms. The molecule has 0 saturated carbocycles. The molecule has 0 aliphatic rings. The average Bonchev–Trinajstić information content (AvgIpc) is 2.36. The first-order chi connectivity index (χ1) is 8.85. The molecule has 106 valence electrons. The quantitative estimate of drug-likeness (QED) is 0.847. The number of ether oxygens (including phenoxy) is 1. The Labute approximate surface area is 127 Å². The van der Waals surface area contributed by atoms with Crippen LogP contribution < -0.4 is 5.32 Å². The number of hydrogen-bond acceptors (Lipinski definition) is 2. The Bertz CT molecular complexity index is 449. The molecule has 0 saturated heterocycles. The van der Waals surface area contributed by atoms with Crippen LogP contribution in [0.4, 0.5) is 0 Å². The number of benzene rings is 1. The van der Waals surface area contributed by atoms with Gasteiger partial charge in [-0.2, -0.15) is 0 Å². The molecule has 3 nitrogen and oxygen atoms in total. The molecule has 0 unspecified atom stereocenters. The number of amides is 1. The van der Waals surface area contributed by atoms with Gasteiger partial charge in [-0.25, -0.2) is 0 Å². The second-order valence-corrected chi connectivity index (χ2v) is 6.54. The molecule has 1 amide bonds. The van der Waals surface area contributed by atoms with E-state index < -0.39 is 0 Å². The number of methoxy groups -OCH3 is 1. The van der Waals surface area contributed by atoms with Crippen molar-refractivity contribution in [3.05, 3.63) is 33.3 Å². The van der Waals surface area contributed by atoms with Crippen molar-refractivity contribution in [1.82, 2.24) is 5.32 Å². The minimum absolute atomic E-state index is 0.00976. The summed E-state index contributed by atoms with van der Waals surface area (Å²) in [5, 5.41) is 3.37. The Morgan fingerprint density at radius 3 is 2.79 bits per heavy atom. The molecule has 0 aliphatic carbocycles. The molecule has 19 heavy (non-hydrogen) atoms. The summed E-state index contributed by atoms with van der Waals surface area (Å²) in [5.41, 5.74) is 0.475. The number of halogens is 2. The van der Waals surface area contributed by atoms with Crippen molar-refractivity contribution in [3.63, 3.8) is 0 Å². The summed E-state index contributed by atoms with van der Waals surface area (Å²) >= 11 is 9.36. The minimum atomic E-state index is -0.156. The van der Waals surface area contributed by atoms with Crippen LogP contribution in [0.2, 0.25) is 5.02 Å². The zero-order valence-corrected chi connectivity index (χ0v) is 13.8. The van der Waals surface area contributed by atoms with E-state index in [2.05, 4.69) is 35.1 Å². The van der Waals surface area contributed by atoms with Crippen LogP contribution in [0.1, 0.15) is 30.6 Å². The largest absolute Gasteiger partial charge is 0.385 e. The van der Waals surface area contributed by atoms with Gasteiger partial charge in [-0.15, -0.1) is 0 Å². The zero-order valence-electron chi connectivity index (χ0n) is 11.4. The second-order valence-electron chi connectivity index (χ2n) is 5.21. The minimum Gasteiger partial charge on any atom is -0.385 e. The van der Waals surface area contributed by atoms with E-state index in [0.717, 1.165) is 10.9 Å². The van der Waals surface area contributed by atoms with Gasteiger partial charge in [0.2, 0.25) is 0 Å². The Kier molecular flexibility index (Phi) is 6.30. The van der Waals surface area contributed by atoms with Crippen molar-refractivity contribution in [2.24, 2.45) is 5.41 Å². The SMILES string of the molecule is COCCC(C)(C)CNC(=O)c1cc(Br)ccc1Cl. The maximum Gasteiger partial charge on any atom is 0.252 e. The summed E-state index contributed by atoms with van der Waals surface area (Å²) < 4.78 is 5.90. The Morgan fingerprint density at radius 2 is 2.16 bits per heavy atom. The van der Waals surface area contributed by atoms with Crippen molar-refractivity contribution in [2.75, 3.05) is 20.3 Å². The van der Waals surface area contributed by atoms with Gasteiger partial charge in [-0.3, -0.25) is 4.79 Å². The molecule has 1 aromatic carbocycles. The van der Waals surface area contributed by atoms with E-state index in [4.69, 9.17) is 16.3 Å². The van der Waals surface area contributed by atoms with Gasteiger partial charge in [-0.05, 0) is 30.0 Å². The second kappa shape index (κ2) is 7.27. The first kappa shape index (κ1) is 16.5. The maximum atomic E-state index is 12.1. The van der Waals surface area contributed by atoms with E-state index in [1.54, 1.807) is 19.2 Å². The normalized spacial score (nSPS) is 11.4. The fraction of sp³-hybridized carbons (Fsp3) is 0.500. The van der Waals surface area contributed by atoms with E-state index in [1.807, 2.05) is 6.07 Å². The summed E-state index contributed by atoms with van der Waals surface area (Å²) in [6.45, 7) is 5.45. The summed E-state index contributed by atoms with van der Waals surface area (Å²) in [6.07, 6.45) is 0.885. The van der Waals surface area contributed by atoms with E-state index in [0.29, 0.717) is 23.7 Å². The summed E-state index contributed by atoms with van der Waals surface area (Å²) in [6, 6.07) is 5.23. The van der Waals surface area contributed by atoms with E-state index in [1.165, 1.54) is 0 Å². The van der Waals surface area contributed by atoms with Gasteiger partial charge in [0.05, 0.1) is 10.6 Å². The van der Waals surface area contributed by atoms with Crippen LogP contribution in [-0.4, -0.2) is 26.2 Å². The molecule has 1 N–H and O–H groups in total. The summed E-state index contributed by atoms with van der Waals surface area (Å²) in [5.74, 6) is -0.156. The monoisotopic (exact) mass is 347 g/mol.